The van der Waals surface area contributed by atoms with E-state index in [2.05, 4.69) is 4.90 Å². The molecule has 0 amide bonds. The van der Waals surface area contributed by atoms with Gasteiger partial charge in [0.25, 0.3) is 0 Å². The van der Waals surface area contributed by atoms with Gasteiger partial charge in [-0.25, -0.2) is 0 Å². The van der Waals surface area contributed by atoms with Crippen molar-refractivity contribution in [2.45, 2.75) is 19.8 Å². The molecule has 2 heteroatoms. The molecule has 0 atom stereocenters. The number of allylic oxidation sites excluding steroid dienone is 1. The van der Waals surface area contributed by atoms with Gasteiger partial charge in [0.05, 0.1) is 5.76 Å². The molecule has 0 saturated carbocycles. The fourth-order valence-corrected chi connectivity index (χ4v) is 0.676. The van der Waals surface area contributed by atoms with Crippen LogP contribution in [0.25, 0.3) is 0 Å². The fourth-order valence-electron chi connectivity index (χ4n) is 0.676. The first-order valence-electron chi connectivity index (χ1n) is 3.69. The van der Waals surface area contributed by atoms with Crippen LogP contribution in [0.3, 0.4) is 0 Å². The Labute approximate surface area is 63.2 Å². The third-order valence-electron chi connectivity index (χ3n) is 1.25. The number of aliphatic hydroxyl groups is 1. The van der Waals surface area contributed by atoms with Gasteiger partial charge in [-0.1, -0.05) is 6.92 Å². The van der Waals surface area contributed by atoms with Gasteiger partial charge in [-0.15, -0.1) is 0 Å². The maximum atomic E-state index is 9.13. The van der Waals surface area contributed by atoms with Gasteiger partial charge in [-0.2, -0.15) is 0 Å². The van der Waals surface area contributed by atoms with E-state index in [0.29, 0.717) is 5.76 Å². The zero-order valence-corrected chi connectivity index (χ0v) is 7.09. The molecule has 60 valence electrons. The van der Waals surface area contributed by atoms with Gasteiger partial charge in [-0.05, 0) is 26.6 Å². The first-order valence-corrected chi connectivity index (χ1v) is 3.69. The second kappa shape index (κ2) is 5.30. The molecule has 0 saturated heterocycles. The lowest BCUT2D eigenvalue weighted by molar-refractivity contribution is 0.339. The smallest absolute Gasteiger partial charge is 0.0895 e. The summed E-state index contributed by atoms with van der Waals surface area (Å²) in [6.07, 6.45) is 3.53. The van der Waals surface area contributed by atoms with E-state index in [1.54, 1.807) is 0 Å². The van der Waals surface area contributed by atoms with E-state index in [1.807, 2.05) is 27.1 Å². The Bertz CT molecular complexity index is 108. The molecule has 0 aliphatic rings. The lowest BCUT2D eigenvalue weighted by atomic mass is 10.3. The van der Waals surface area contributed by atoms with Crippen LogP contribution in [-0.4, -0.2) is 30.6 Å². The minimum absolute atomic E-state index is 0.510. The molecule has 10 heavy (non-hydrogen) atoms. The van der Waals surface area contributed by atoms with Crippen LogP contribution < -0.4 is 0 Å². The van der Waals surface area contributed by atoms with Gasteiger partial charge in [0.15, 0.2) is 0 Å². The Hall–Kier alpha value is -0.500. The van der Waals surface area contributed by atoms with Crippen molar-refractivity contribution in [2.75, 3.05) is 20.6 Å². The summed E-state index contributed by atoms with van der Waals surface area (Å²) in [5.41, 5.74) is 0. The largest absolute Gasteiger partial charge is 0.513 e. The van der Waals surface area contributed by atoms with Gasteiger partial charge in [-0.3, -0.25) is 0 Å². The molecule has 1 N–H and O–H groups in total. The highest BCUT2D eigenvalue weighted by Gasteiger charge is 1.92. The average Bonchev–Trinajstić information content (AvgIpc) is 1.85. The van der Waals surface area contributed by atoms with Gasteiger partial charge >= 0.3 is 0 Å². The summed E-state index contributed by atoms with van der Waals surface area (Å²) >= 11 is 0. The predicted octanol–water partition coefficient (Wildman–Crippen LogP) is 1.79. The molecule has 0 spiro atoms. The Morgan fingerprint density at radius 2 is 2.10 bits per heavy atom. The van der Waals surface area contributed by atoms with Crippen LogP contribution in [0.2, 0.25) is 0 Å². The van der Waals surface area contributed by atoms with Crippen molar-refractivity contribution < 1.29 is 5.11 Å². The molecule has 0 aromatic carbocycles. The zero-order valence-electron chi connectivity index (χ0n) is 7.09. The van der Waals surface area contributed by atoms with Crippen molar-refractivity contribution in [1.82, 2.24) is 4.90 Å². The zero-order chi connectivity index (χ0) is 7.98. The average molecular weight is 143 g/mol. The Morgan fingerprint density at radius 1 is 1.50 bits per heavy atom. The molecule has 0 heterocycles. The van der Waals surface area contributed by atoms with Crippen molar-refractivity contribution in [3.8, 4) is 0 Å². The van der Waals surface area contributed by atoms with E-state index in [9.17, 15) is 0 Å². The number of hydrogen-bond acceptors (Lipinski definition) is 2. The summed E-state index contributed by atoms with van der Waals surface area (Å²) in [6, 6.07) is 0. The van der Waals surface area contributed by atoms with Crippen LogP contribution in [-0.2, 0) is 0 Å². The predicted molar refractivity (Wildman–Crippen MR) is 44.2 cm³/mol. The first-order chi connectivity index (χ1) is 4.66. The van der Waals surface area contributed by atoms with Crippen LogP contribution in [0, 0.1) is 0 Å². The molecule has 0 unspecified atom stereocenters. The molecule has 2 nitrogen and oxygen atoms in total. The number of rotatable bonds is 4. The van der Waals surface area contributed by atoms with Gasteiger partial charge in [0.1, 0.15) is 0 Å². The Balaban J connectivity index is 3.39. The van der Waals surface area contributed by atoms with Gasteiger partial charge in [0.2, 0.25) is 0 Å². The second-order valence-corrected chi connectivity index (χ2v) is 2.66. The summed E-state index contributed by atoms with van der Waals surface area (Å²) in [5.74, 6) is 0.510. The maximum Gasteiger partial charge on any atom is 0.0895 e. The molecule has 0 aromatic rings. The molecule has 0 fully saturated rings. The van der Waals surface area contributed by atoms with Gasteiger partial charge < -0.3 is 10.0 Å². The monoisotopic (exact) mass is 143 g/mol. The quantitative estimate of drug-likeness (QED) is 0.606. The SMILES string of the molecule is CC/C=C(/O)CCN(C)C. The van der Waals surface area contributed by atoms with Crippen LogP contribution in [0.4, 0.5) is 0 Å². The van der Waals surface area contributed by atoms with Crippen molar-refractivity contribution in [2.24, 2.45) is 0 Å². The van der Waals surface area contributed by atoms with Crippen LogP contribution in [0.5, 0.6) is 0 Å². The third kappa shape index (κ3) is 5.63. The van der Waals surface area contributed by atoms with E-state index >= 15 is 0 Å². The van der Waals surface area contributed by atoms with E-state index in [-0.39, 0.29) is 0 Å². The molecule has 0 rings (SSSR count). The number of hydrogen-bond donors (Lipinski definition) is 1. The van der Waals surface area contributed by atoms with Crippen LogP contribution in [0.15, 0.2) is 11.8 Å². The molecular weight excluding hydrogens is 126 g/mol. The van der Waals surface area contributed by atoms with Crippen molar-refractivity contribution >= 4 is 0 Å². The fraction of sp³-hybridized carbons (Fsp3) is 0.750. The normalized spacial score (nSPS) is 12.6. The third-order valence-corrected chi connectivity index (χ3v) is 1.25. The Morgan fingerprint density at radius 3 is 2.50 bits per heavy atom. The lowest BCUT2D eigenvalue weighted by Gasteiger charge is -2.07. The molecule has 0 aliphatic heterocycles. The van der Waals surface area contributed by atoms with Crippen LogP contribution >= 0.6 is 0 Å². The summed E-state index contributed by atoms with van der Waals surface area (Å²) < 4.78 is 0. The lowest BCUT2D eigenvalue weighted by Crippen LogP contribution is -2.13. The minimum Gasteiger partial charge on any atom is -0.513 e. The van der Waals surface area contributed by atoms with Gasteiger partial charge in [0, 0.05) is 13.0 Å². The highest BCUT2D eigenvalue weighted by Crippen LogP contribution is 1.97. The Kier molecular flexibility index (Phi) is 5.03. The van der Waals surface area contributed by atoms with E-state index in [0.717, 1.165) is 19.4 Å². The molecule has 0 aliphatic carbocycles. The van der Waals surface area contributed by atoms with Crippen molar-refractivity contribution in [3.63, 3.8) is 0 Å². The molecular formula is C8H17NO. The summed E-state index contributed by atoms with van der Waals surface area (Å²) in [7, 11) is 4.00. The summed E-state index contributed by atoms with van der Waals surface area (Å²) in [6.45, 7) is 2.94. The standard InChI is InChI=1S/C8H17NO/c1-4-5-8(10)6-7-9(2)3/h5,10H,4,6-7H2,1-3H3/b8-5+. The topological polar surface area (TPSA) is 23.5 Å². The van der Waals surface area contributed by atoms with E-state index in [4.69, 9.17) is 5.11 Å². The highest BCUT2D eigenvalue weighted by atomic mass is 16.3. The van der Waals surface area contributed by atoms with Crippen molar-refractivity contribution in [1.29, 1.82) is 0 Å². The molecule has 0 bridgehead atoms. The maximum absolute atomic E-state index is 9.13. The molecule has 0 radical (unpaired) electrons. The van der Waals surface area contributed by atoms with E-state index < -0.39 is 0 Å². The molecule has 0 aromatic heterocycles. The highest BCUT2D eigenvalue weighted by molar-refractivity contribution is 4.90. The second-order valence-electron chi connectivity index (χ2n) is 2.66. The summed E-state index contributed by atoms with van der Waals surface area (Å²) in [5, 5.41) is 9.13. The minimum atomic E-state index is 0.510. The summed E-state index contributed by atoms with van der Waals surface area (Å²) in [4.78, 5) is 2.06. The number of nitrogens with zero attached hydrogens (tertiary/aromatic N) is 1. The van der Waals surface area contributed by atoms with E-state index in [1.165, 1.54) is 0 Å². The van der Waals surface area contributed by atoms with Crippen LogP contribution in [0.1, 0.15) is 19.8 Å². The van der Waals surface area contributed by atoms with Crippen molar-refractivity contribution in [3.05, 3.63) is 11.8 Å². The number of aliphatic hydroxyl groups excluding tert-OH is 1. The first kappa shape index (κ1) is 9.50.